The molecule has 1 N–H and O–H groups in total. The number of hydrogen-bond acceptors (Lipinski definition) is 7. The fourth-order valence-electron chi connectivity index (χ4n) is 1.59. The SMILES string of the molecule is COc1ccc(C(=O)CSc2nnc(NC(=O)C(C)(C)C)s2)cc1. The zero-order valence-corrected chi connectivity index (χ0v) is 15.6. The van der Waals surface area contributed by atoms with Crippen LogP contribution in [0.15, 0.2) is 28.6 Å². The summed E-state index contributed by atoms with van der Waals surface area (Å²) in [6.07, 6.45) is 0. The number of thioether (sulfide) groups is 1. The molecule has 1 amide bonds. The lowest BCUT2D eigenvalue weighted by molar-refractivity contribution is -0.123. The van der Waals surface area contributed by atoms with Gasteiger partial charge in [0.15, 0.2) is 10.1 Å². The van der Waals surface area contributed by atoms with E-state index >= 15 is 0 Å². The Kier molecular flexibility index (Phi) is 5.95. The third kappa shape index (κ3) is 5.04. The Balaban J connectivity index is 1.90. The minimum atomic E-state index is -0.497. The van der Waals surface area contributed by atoms with Crippen LogP contribution in [-0.4, -0.2) is 34.8 Å². The van der Waals surface area contributed by atoms with E-state index in [0.717, 1.165) is 0 Å². The quantitative estimate of drug-likeness (QED) is 0.479. The van der Waals surface area contributed by atoms with Gasteiger partial charge in [0.1, 0.15) is 5.75 Å². The Morgan fingerprint density at radius 1 is 1.21 bits per heavy atom. The predicted octanol–water partition coefficient (Wildman–Crippen LogP) is 3.51. The molecule has 2 aromatic rings. The molecule has 0 bridgehead atoms. The van der Waals surface area contributed by atoms with Crippen molar-refractivity contribution in [2.75, 3.05) is 18.2 Å². The molecule has 1 aromatic carbocycles. The Labute approximate surface area is 149 Å². The van der Waals surface area contributed by atoms with Crippen molar-refractivity contribution in [2.45, 2.75) is 25.1 Å². The number of nitrogens with one attached hydrogen (secondary N) is 1. The van der Waals surface area contributed by atoms with E-state index in [9.17, 15) is 9.59 Å². The van der Waals surface area contributed by atoms with E-state index in [4.69, 9.17) is 4.74 Å². The van der Waals surface area contributed by atoms with Gasteiger partial charge in [-0.1, -0.05) is 43.9 Å². The van der Waals surface area contributed by atoms with Crippen molar-refractivity contribution in [3.63, 3.8) is 0 Å². The molecule has 0 atom stereocenters. The van der Waals surface area contributed by atoms with E-state index < -0.39 is 5.41 Å². The number of Topliss-reactive ketones (excluding diaryl/α,β-unsaturated/α-hetero) is 1. The van der Waals surface area contributed by atoms with Gasteiger partial charge in [0.25, 0.3) is 0 Å². The molecule has 0 aliphatic heterocycles. The Hall–Kier alpha value is -1.93. The molecule has 0 spiro atoms. The van der Waals surface area contributed by atoms with Crippen LogP contribution in [0.3, 0.4) is 0 Å². The third-order valence-electron chi connectivity index (χ3n) is 3.05. The van der Waals surface area contributed by atoms with Gasteiger partial charge in [-0.05, 0) is 24.3 Å². The van der Waals surface area contributed by atoms with E-state index in [1.54, 1.807) is 31.4 Å². The van der Waals surface area contributed by atoms with Gasteiger partial charge in [0.2, 0.25) is 11.0 Å². The molecule has 0 saturated carbocycles. The lowest BCUT2D eigenvalue weighted by Gasteiger charge is -2.15. The molecule has 1 aromatic heterocycles. The normalized spacial score (nSPS) is 11.2. The zero-order valence-electron chi connectivity index (χ0n) is 14.0. The van der Waals surface area contributed by atoms with Gasteiger partial charge >= 0.3 is 0 Å². The molecular weight excluding hydrogens is 346 g/mol. The topological polar surface area (TPSA) is 81.2 Å². The second-order valence-corrected chi connectivity index (χ2v) is 8.22. The fourth-order valence-corrected chi connectivity index (χ4v) is 3.23. The van der Waals surface area contributed by atoms with Crippen molar-refractivity contribution in [1.82, 2.24) is 10.2 Å². The van der Waals surface area contributed by atoms with Crippen molar-refractivity contribution in [2.24, 2.45) is 5.41 Å². The van der Waals surface area contributed by atoms with Crippen LogP contribution >= 0.6 is 23.1 Å². The lowest BCUT2D eigenvalue weighted by Crippen LogP contribution is -2.27. The summed E-state index contributed by atoms with van der Waals surface area (Å²) in [5.41, 5.74) is 0.123. The van der Waals surface area contributed by atoms with Crippen LogP contribution in [0.4, 0.5) is 5.13 Å². The van der Waals surface area contributed by atoms with Crippen LogP contribution in [0.2, 0.25) is 0 Å². The van der Waals surface area contributed by atoms with Crippen LogP contribution in [0.5, 0.6) is 5.75 Å². The highest BCUT2D eigenvalue weighted by molar-refractivity contribution is 8.01. The largest absolute Gasteiger partial charge is 0.497 e. The van der Waals surface area contributed by atoms with E-state index in [-0.39, 0.29) is 17.4 Å². The molecule has 1 heterocycles. The molecule has 6 nitrogen and oxygen atoms in total. The summed E-state index contributed by atoms with van der Waals surface area (Å²) in [7, 11) is 1.58. The zero-order chi connectivity index (χ0) is 17.7. The van der Waals surface area contributed by atoms with Crippen LogP contribution < -0.4 is 10.1 Å². The van der Waals surface area contributed by atoms with Gasteiger partial charge in [-0.3, -0.25) is 9.59 Å². The van der Waals surface area contributed by atoms with Gasteiger partial charge in [-0.15, -0.1) is 10.2 Å². The molecule has 0 radical (unpaired) electrons. The molecule has 24 heavy (non-hydrogen) atoms. The lowest BCUT2D eigenvalue weighted by atomic mass is 9.96. The highest BCUT2D eigenvalue weighted by atomic mass is 32.2. The maximum absolute atomic E-state index is 12.2. The van der Waals surface area contributed by atoms with Gasteiger partial charge in [-0.25, -0.2) is 0 Å². The van der Waals surface area contributed by atoms with Gasteiger partial charge in [0.05, 0.1) is 12.9 Å². The van der Waals surface area contributed by atoms with Crippen LogP contribution in [0.1, 0.15) is 31.1 Å². The second kappa shape index (κ2) is 7.76. The fraction of sp³-hybridized carbons (Fsp3) is 0.375. The van der Waals surface area contributed by atoms with Crippen molar-refractivity contribution >= 4 is 39.9 Å². The summed E-state index contributed by atoms with van der Waals surface area (Å²) in [5, 5.41) is 11.1. The van der Waals surface area contributed by atoms with Crippen LogP contribution in [0, 0.1) is 5.41 Å². The molecular formula is C16H19N3O3S2. The number of nitrogens with zero attached hydrogens (tertiary/aromatic N) is 2. The minimum absolute atomic E-state index is 0.00173. The Morgan fingerprint density at radius 3 is 2.46 bits per heavy atom. The number of anilines is 1. The van der Waals surface area contributed by atoms with Crippen molar-refractivity contribution in [1.29, 1.82) is 0 Å². The molecule has 0 aliphatic carbocycles. The third-order valence-corrected chi connectivity index (χ3v) is 5.02. The first-order valence-electron chi connectivity index (χ1n) is 7.24. The molecule has 8 heteroatoms. The summed E-state index contributed by atoms with van der Waals surface area (Å²) in [6, 6.07) is 6.97. The van der Waals surface area contributed by atoms with E-state index in [1.807, 2.05) is 20.8 Å². The number of methoxy groups -OCH3 is 1. The summed E-state index contributed by atoms with van der Waals surface area (Å²) >= 11 is 2.56. The number of ketones is 1. The van der Waals surface area contributed by atoms with E-state index in [1.165, 1.54) is 23.1 Å². The van der Waals surface area contributed by atoms with E-state index in [0.29, 0.717) is 20.8 Å². The standard InChI is InChI=1S/C16H19N3O3S2/c1-16(2,3)13(21)17-14-18-19-15(24-14)23-9-12(20)10-5-7-11(22-4)8-6-10/h5-8H,9H2,1-4H3,(H,17,18,21). The number of carbonyl (C=O) groups excluding carboxylic acids is 2. The summed E-state index contributed by atoms with van der Waals surface area (Å²) in [5.74, 6) is 0.846. The Morgan fingerprint density at radius 2 is 1.88 bits per heavy atom. The maximum atomic E-state index is 12.2. The maximum Gasteiger partial charge on any atom is 0.231 e. The summed E-state index contributed by atoms with van der Waals surface area (Å²) in [4.78, 5) is 24.1. The van der Waals surface area contributed by atoms with Crippen LogP contribution in [-0.2, 0) is 4.79 Å². The van der Waals surface area contributed by atoms with Gasteiger partial charge < -0.3 is 10.1 Å². The van der Waals surface area contributed by atoms with Gasteiger partial charge in [0, 0.05) is 11.0 Å². The molecule has 2 rings (SSSR count). The Bertz CT molecular complexity index is 721. The van der Waals surface area contributed by atoms with E-state index in [2.05, 4.69) is 15.5 Å². The average Bonchev–Trinajstić information content (AvgIpc) is 2.99. The van der Waals surface area contributed by atoms with Crippen molar-refractivity contribution < 1.29 is 14.3 Å². The number of ether oxygens (including phenoxy) is 1. The first-order chi connectivity index (χ1) is 11.3. The predicted molar refractivity (Wildman–Crippen MR) is 96.0 cm³/mol. The highest BCUT2D eigenvalue weighted by Gasteiger charge is 2.22. The number of rotatable bonds is 6. The van der Waals surface area contributed by atoms with Crippen molar-refractivity contribution in [3.05, 3.63) is 29.8 Å². The highest BCUT2D eigenvalue weighted by Crippen LogP contribution is 2.27. The molecule has 0 unspecified atom stereocenters. The monoisotopic (exact) mass is 365 g/mol. The second-order valence-electron chi connectivity index (χ2n) is 6.02. The summed E-state index contributed by atoms with van der Waals surface area (Å²) in [6.45, 7) is 5.48. The van der Waals surface area contributed by atoms with Gasteiger partial charge in [-0.2, -0.15) is 0 Å². The number of aromatic nitrogens is 2. The number of carbonyl (C=O) groups is 2. The molecule has 0 fully saturated rings. The average molecular weight is 365 g/mol. The summed E-state index contributed by atoms with van der Waals surface area (Å²) < 4.78 is 5.71. The first-order valence-corrected chi connectivity index (χ1v) is 9.05. The number of amides is 1. The minimum Gasteiger partial charge on any atom is -0.497 e. The van der Waals surface area contributed by atoms with Crippen LogP contribution in [0.25, 0.3) is 0 Å². The molecule has 128 valence electrons. The number of hydrogen-bond donors (Lipinski definition) is 1. The first kappa shape index (κ1) is 18.4. The van der Waals surface area contributed by atoms with Crippen molar-refractivity contribution in [3.8, 4) is 5.75 Å². The molecule has 0 saturated heterocycles. The number of benzene rings is 1. The smallest absolute Gasteiger partial charge is 0.231 e. The molecule has 0 aliphatic rings.